The number of hydrogen-bond acceptors (Lipinski definition) is 10. The largest absolute Gasteiger partial charge is 0.494 e. The lowest BCUT2D eigenvalue weighted by molar-refractivity contribution is -0.147. The Morgan fingerprint density at radius 1 is 1.02 bits per heavy atom. The Labute approximate surface area is 267 Å². The summed E-state index contributed by atoms with van der Waals surface area (Å²) in [4.78, 5) is 39.4. The molecule has 1 aromatic heterocycles. The molecule has 13 nitrogen and oxygen atoms in total. The Morgan fingerprint density at radius 3 is 2.52 bits per heavy atom. The van der Waals surface area contributed by atoms with E-state index in [4.69, 9.17) is 23.8 Å². The van der Waals surface area contributed by atoms with Gasteiger partial charge in [0.15, 0.2) is 23.2 Å². The lowest BCUT2D eigenvalue weighted by atomic mass is 10.0. The van der Waals surface area contributed by atoms with Crippen molar-refractivity contribution in [3.8, 4) is 39.8 Å². The fourth-order valence-electron chi connectivity index (χ4n) is 4.46. The molecule has 3 heterocycles. The predicted octanol–water partition coefficient (Wildman–Crippen LogP) is 5.82. The van der Waals surface area contributed by atoms with E-state index in [1.165, 1.54) is 24.4 Å². The molecule has 0 spiro atoms. The molecule has 19 heteroatoms. The Kier molecular flexibility index (Phi) is 10.2. The number of rotatable bonds is 13. The van der Waals surface area contributed by atoms with E-state index in [1.807, 2.05) is 0 Å². The van der Waals surface area contributed by atoms with Gasteiger partial charge in [0, 0.05) is 18.1 Å². The number of phosphoric ester groups is 1. The van der Waals surface area contributed by atoms with E-state index in [0.29, 0.717) is 6.42 Å². The van der Waals surface area contributed by atoms with Crippen LogP contribution in [-0.2, 0) is 24.8 Å². The molecule has 48 heavy (non-hydrogen) atoms. The third kappa shape index (κ3) is 8.02. The van der Waals surface area contributed by atoms with E-state index in [-0.39, 0.29) is 58.6 Å². The van der Waals surface area contributed by atoms with Crippen molar-refractivity contribution in [1.82, 2.24) is 24.9 Å². The van der Waals surface area contributed by atoms with E-state index >= 15 is 0 Å². The summed E-state index contributed by atoms with van der Waals surface area (Å²) in [6.07, 6.45) is -2.02. The van der Waals surface area contributed by atoms with Crippen LogP contribution < -0.4 is 4.74 Å². The van der Waals surface area contributed by atoms with Crippen molar-refractivity contribution in [2.75, 3.05) is 19.8 Å². The van der Waals surface area contributed by atoms with E-state index in [2.05, 4.69) is 24.7 Å². The number of nitrogens with zero attached hydrogens (tertiary/aromatic N) is 5. The second-order valence-corrected chi connectivity index (χ2v) is 11.3. The van der Waals surface area contributed by atoms with Gasteiger partial charge in [0.05, 0.1) is 43.3 Å². The van der Waals surface area contributed by atoms with Gasteiger partial charge in [-0.1, -0.05) is 18.1 Å². The maximum Gasteiger partial charge on any atom is 0.469 e. The molecule has 5 rings (SSSR count). The van der Waals surface area contributed by atoms with Gasteiger partial charge in [-0.25, -0.2) is 32.8 Å². The molecule has 254 valence electrons. The molecule has 0 bridgehead atoms. The standard InChI is InChI=1S/C29H25F5N5O8P/c1-2-9-44-16-7-8-17(19(12-16)29(32,33)34)21-13-24(47-38-21)26(28(40)45-10-4-11-46-48(41,42)43)39-15-23-22(14-35-39)36-27(37-23)18-5-3-6-20(30)25(18)31/h3,5-8,12-15,26H,2,4,9-11H2,1H3,(H2,41,42,43). The third-order valence-corrected chi connectivity index (χ3v) is 7.12. The Hall–Kier alpha value is -4.77. The van der Waals surface area contributed by atoms with Crippen LogP contribution in [0.25, 0.3) is 34.0 Å². The second-order valence-electron chi connectivity index (χ2n) is 10.1. The van der Waals surface area contributed by atoms with Crippen LogP contribution in [0.15, 0.2) is 59.4 Å². The van der Waals surface area contributed by atoms with Gasteiger partial charge in [0.2, 0.25) is 6.04 Å². The molecule has 0 radical (unpaired) electrons. The summed E-state index contributed by atoms with van der Waals surface area (Å²) in [5.74, 6) is -3.87. The van der Waals surface area contributed by atoms with Gasteiger partial charge < -0.3 is 23.8 Å². The highest BCUT2D eigenvalue weighted by atomic mass is 31.2. The number of benzene rings is 2. The number of halogens is 5. The summed E-state index contributed by atoms with van der Waals surface area (Å²) in [6.45, 7) is 1.13. The van der Waals surface area contributed by atoms with E-state index in [0.717, 1.165) is 35.1 Å². The van der Waals surface area contributed by atoms with Crippen molar-refractivity contribution in [1.29, 1.82) is 0 Å². The predicted molar refractivity (Wildman–Crippen MR) is 154 cm³/mol. The first-order valence-electron chi connectivity index (χ1n) is 14.1. The zero-order valence-electron chi connectivity index (χ0n) is 24.7. The lowest BCUT2D eigenvalue weighted by Crippen LogP contribution is -2.25. The highest BCUT2D eigenvalue weighted by molar-refractivity contribution is 7.46. The average molecular weight is 698 g/mol. The van der Waals surface area contributed by atoms with Gasteiger partial charge >= 0.3 is 20.0 Å². The zero-order chi connectivity index (χ0) is 34.6. The Morgan fingerprint density at radius 2 is 1.79 bits per heavy atom. The van der Waals surface area contributed by atoms with Crippen LogP contribution in [0, 0.1) is 11.6 Å². The summed E-state index contributed by atoms with van der Waals surface area (Å²) in [5.41, 5.74) is -1.77. The molecule has 0 aliphatic carbocycles. The molecule has 1 atom stereocenters. The number of fused-ring (bicyclic) bond motifs is 1. The number of hydrogen-bond donors (Lipinski definition) is 2. The molecular formula is C29H25F5N5O8P. The first-order valence-corrected chi connectivity index (χ1v) is 15.6. The van der Waals surface area contributed by atoms with Gasteiger partial charge in [0.25, 0.3) is 0 Å². The quantitative estimate of drug-likeness (QED) is 0.0655. The maximum absolute atomic E-state index is 14.4. The summed E-state index contributed by atoms with van der Waals surface area (Å²) in [5, 5.41) is 7.91. The Bertz CT molecular complexity index is 1930. The van der Waals surface area contributed by atoms with Crippen molar-refractivity contribution < 1.29 is 59.6 Å². The van der Waals surface area contributed by atoms with Crippen LogP contribution in [0.3, 0.4) is 0 Å². The van der Waals surface area contributed by atoms with Crippen molar-refractivity contribution in [2.24, 2.45) is 0 Å². The van der Waals surface area contributed by atoms with Crippen LogP contribution in [0.4, 0.5) is 22.0 Å². The minimum absolute atomic E-state index is 0.0119. The summed E-state index contributed by atoms with van der Waals surface area (Å²) in [6, 6.07) is 6.21. The van der Waals surface area contributed by atoms with Gasteiger partial charge in [-0.3, -0.25) is 4.52 Å². The molecule has 2 aromatic carbocycles. The molecule has 2 N–H and O–H groups in total. The molecule has 2 aliphatic heterocycles. The van der Waals surface area contributed by atoms with Crippen molar-refractivity contribution in [2.45, 2.75) is 32.0 Å². The molecule has 0 fully saturated rings. The third-order valence-electron chi connectivity index (χ3n) is 6.60. The van der Waals surface area contributed by atoms with E-state index < -0.39 is 56.4 Å². The van der Waals surface area contributed by atoms with E-state index in [1.54, 1.807) is 6.92 Å². The maximum atomic E-state index is 14.4. The molecule has 0 saturated carbocycles. The summed E-state index contributed by atoms with van der Waals surface area (Å²) >= 11 is 0. The number of phosphoric acid groups is 1. The molecule has 2 aliphatic rings. The monoisotopic (exact) mass is 697 g/mol. The Balaban J connectivity index is 1.51. The van der Waals surface area contributed by atoms with Gasteiger partial charge in [-0.15, -0.1) is 0 Å². The number of imidazole rings is 1. The highest BCUT2D eigenvalue weighted by Gasteiger charge is 2.36. The lowest BCUT2D eigenvalue weighted by Gasteiger charge is -2.16. The van der Waals surface area contributed by atoms with Crippen LogP contribution in [0.1, 0.15) is 37.1 Å². The molecular weight excluding hydrogens is 672 g/mol. The van der Waals surface area contributed by atoms with Gasteiger partial charge in [-0.2, -0.15) is 18.3 Å². The number of alkyl halides is 3. The molecule has 0 amide bonds. The highest BCUT2D eigenvalue weighted by Crippen LogP contribution is 2.40. The average Bonchev–Trinajstić information content (AvgIpc) is 3.68. The fraction of sp³-hybridized carbons (Fsp3) is 0.276. The van der Waals surface area contributed by atoms with Crippen LogP contribution in [-0.4, -0.2) is 60.5 Å². The van der Waals surface area contributed by atoms with Crippen LogP contribution in [0.2, 0.25) is 0 Å². The summed E-state index contributed by atoms with van der Waals surface area (Å²) < 4.78 is 103. The number of ether oxygens (including phenoxy) is 2. The number of aromatic nitrogens is 5. The zero-order valence-corrected chi connectivity index (χ0v) is 25.6. The number of esters is 1. The van der Waals surface area contributed by atoms with Crippen LogP contribution >= 0.6 is 7.82 Å². The minimum atomic E-state index is -4.82. The number of carbonyl (C=O) groups excluding carboxylic acids is 1. The van der Waals surface area contributed by atoms with Crippen molar-refractivity contribution in [3.05, 3.63) is 77.8 Å². The van der Waals surface area contributed by atoms with Crippen molar-refractivity contribution in [3.63, 3.8) is 0 Å². The normalized spacial score (nSPS) is 12.8. The van der Waals surface area contributed by atoms with Gasteiger partial charge in [0.1, 0.15) is 22.8 Å². The first-order chi connectivity index (χ1) is 22.7. The number of carbonyl (C=O) groups is 1. The molecule has 1 unspecified atom stereocenters. The van der Waals surface area contributed by atoms with E-state index in [9.17, 15) is 31.3 Å². The second kappa shape index (κ2) is 14.1. The first kappa shape index (κ1) is 34.6. The van der Waals surface area contributed by atoms with Crippen LogP contribution in [0.5, 0.6) is 5.75 Å². The smallest absolute Gasteiger partial charge is 0.469 e. The summed E-state index contributed by atoms with van der Waals surface area (Å²) in [7, 11) is -4.77. The molecule has 0 saturated heterocycles. The fourth-order valence-corrected chi connectivity index (χ4v) is 4.83. The molecule has 3 aromatic rings. The van der Waals surface area contributed by atoms with Gasteiger partial charge in [-0.05, 0) is 36.8 Å². The minimum Gasteiger partial charge on any atom is -0.494 e. The SMILES string of the molecule is CCCOc1ccc(-c2cc(C(C(=O)OCCCOP(=O)(O)O)n3cc4nc(-c5cccc(F)c5F)nc-4cn3)on2)c(C(F)(F)F)c1. The topological polar surface area (TPSA) is 172 Å². The van der Waals surface area contributed by atoms with Crippen molar-refractivity contribution >= 4 is 13.8 Å².